The van der Waals surface area contributed by atoms with E-state index in [4.69, 9.17) is 0 Å². The van der Waals surface area contributed by atoms with Crippen molar-refractivity contribution in [2.24, 2.45) is 4.99 Å². The Kier molecular flexibility index (Phi) is 5.83. The lowest BCUT2D eigenvalue weighted by Gasteiger charge is -2.31. The number of rotatable bonds is 6. The number of para-hydroxylation sites is 2. The van der Waals surface area contributed by atoms with Crippen LogP contribution in [0.1, 0.15) is 23.5 Å². The molecule has 0 bridgehead atoms. The van der Waals surface area contributed by atoms with E-state index in [1.807, 2.05) is 12.1 Å². The van der Waals surface area contributed by atoms with Crippen LogP contribution in [0.3, 0.4) is 0 Å². The van der Waals surface area contributed by atoms with E-state index in [0.29, 0.717) is 18.2 Å². The van der Waals surface area contributed by atoms with E-state index in [-0.39, 0.29) is 11.8 Å². The van der Waals surface area contributed by atoms with E-state index < -0.39 is 6.61 Å². The normalized spacial score (nSPS) is 21.0. The fourth-order valence-corrected chi connectivity index (χ4v) is 4.16. The van der Waals surface area contributed by atoms with Gasteiger partial charge >= 0.3 is 6.61 Å². The molecule has 1 fully saturated rings. The summed E-state index contributed by atoms with van der Waals surface area (Å²) in [4.78, 5) is 6.42. The average molecular weight is 400 g/mol. The van der Waals surface area contributed by atoms with Crippen molar-refractivity contribution in [3.63, 3.8) is 0 Å². The van der Waals surface area contributed by atoms with Crippen LogP contribution < -0.4 is 20.3 Å². The predicted octanol–water partition coefficient (Wildman–Crippen LogP) is 3.37. The van der Waals surface area contributed by atoms with E-state index in [1.54, 1.807) is 19.2 Å². The van der Waals surface area contributed by atoms with E-state index in [9.17, 15) is 8.78 Å². The highest BCUT2D eigenvalue weighted by molar-refractivity contribution is 5.80. The molecule has 154 valence electrons. The zero-order valence-electron chi connectivity index (χ0n) is 16.4. The first-order valence-electron chi connectivity index (χ1n) is 9.98. The maximum Gasteiger partial charge on any atom is 0.387 e. The Morgan fingerprint density at radius 2 is 2.00 bits per heavy atom. The first-order valence-corrected chi connectivity index (χ1v) is 9.98. The second kappa shape index (κ2) is 8.68. The first kappa shape index (κ1) is 19.5. The molecule has 1 aliphatic carbocycles. The number of aliphatic imine (C=N–C) groups is 1. The van der Waals surface area contributed by atoms with Gasteiger partial charge in [-0.25, -0.2) is 0 Å². The summed E-state index contributed by atoms with van der Waals surface area (Å²) in [5, 5.41) is 6.89. The minimum absolute atomic E-state index is 0.189. The fourth-order valence-electron chi connectivity index (χ4n) is 4.16. The van der Waals surface area contributed by atoms with Crippen LogP contribution in [0.4, 0.5) is 14.5 Å². The smallest absolute Gasteiger partial charge is 0.387 e. The van der Waals surface area contributed by atoms with E-state index in [0.717, 1.165) is 31.9 Å². The summed E-state index contributed by atoms with van der Waals surface area (Å²) in [6.07, 6.45) is 1.99. The molecule has 0 amide bonds. The average Bonchev–Trinajstić information content (AvgIpc) is 3.16. The van der Waals surface area contributed by atoms with Gasteiger partial charge in [0.2, 0.25) is 0 Å². The van der Waals surface area contributed by atoms with Crippen LogP contribution in [0, 0.1) is 0 Å². The molecule has 1 saturated heterocycles. The summed E-state index contributed by atoms with van der Waals surface area (Å²) in [7, 11) is 1.77. The van der Waals surface area contributed by atoms with Gasteiger partial charge in [0.1, 0.15) is 5.75 Å². The van der Waals surface area contributed by atoms with Gasteiger partial charge in [-0.1, -0.05) is 36.4 Å². The summed E-state index contributed by atoms with van der Waals surface area (Å²) in [5.74, 6) is 1.51. The molecule has 0 saturated carbocycles. The molecule has 29 heavy (non-hydrogen) atoms. The quantitative estimate of drug-likeness (QED) is 0.577. The number of benzene rings is 2. The Balaban J connectivity index is 1.30. The van der Waals surface area contributed by atoms with Gasteiger partial charge < -0.3 is 20.3 Å². The molecule has 1 heterocycles. The number of nitrogens with one attached hydrogen (secondary N) is 2. The van der Waals surface area contributed by atoms with Gasteiger partial charge in [-0.05, 0) is 36.1 Å². The highest BCUT2D eigenvalue weighted by Gasteiger charge is 2.28. The molecular weight excluding hydrogens is 374 g/mol. The molecule has 2 unspecified atom stereocenters. The molecule has 7 heteroatoms. The summed E-state index contributed by atoms with van der Waals surface area (Å²) in [6.45, 7) is -0.504. The van der Waals surface area contributed by atoms with Crippen molar-refractivity contribution in [2.75, 3.05) is 31.6 Å². The highest BCUT2D eigenvalue weighted by Crippen LogP contribution is 2.34. The molecule has 2 aromatic carbocycles. The van der Waals surface area contributed by atoms with Crippen molar-refractivity contribution in [3.05, 3.63) is 59.7 Å². The molecule has 5 nitrogen and oxygen atoms in total. The molecule has 2 aromatic rings. The monoisotopic (exact) mass is 400 g/mol. The van der Waals surface area contributed by atoms with Gasteiger partial charge in [-0.2, -0.15) is 8.78 Å². The Morgan fingerprint density at radius 3 is 2.79 bits per heavy atom. The van der Waals surface area contributed by atoms with Crippen molar-refractivity contribution in [1.82, 2.24) is 10.6 Å². The third-order valence-corrected chi connectivity index (χ3v) is 5.65. The standard InChI is InChI=1S/C22H26F2N4O/c1-25-22(26-13-16-12-15-6-2-3-7-18(15)16)27-17-10-11-28(14-17)19-8-4-5-9-20(19)29-21(23)24/h2-9,16-17,21H,10-14H2,1H3,(H2,25,26,27). The van der Waals surface area contributed by atoms with E-state index in [1.165, 1.54) is 11.1 Å². The SMILES string of the molecule is CN=C(NCC1Cc2ccccc21)NC1CCN(c2ccccc2OC(F)F)C1. The molecular formula is C22H26F2N4O. The number of anilines is 1. The molecule has 1 aliphatic heterocycles. The maximum absolute atomic E-state index is 12.7. The van der Waals surface area contributed by atoms with Crippen LogP contribution in [0.5, 0.6) is 5.75 Å². The zero-order valence-corrected chi connectivity index (χ0v) is 16.4. The lowest BCUT2D eigenvalue weighted by Crippen LogP contribution is -2.46. The van der Waals surface area contributed by atoms with Crippen molar-refractivity contribution in [3.8, 4) is 5.75 Å². The van der Waals surface area contributed by atoms with Crippen LogP contribution in [0.15, 0.2) is 53.5 Å². The highest BCUT2D eigenvalue weighted by atomic mass is 19.3. The molecule has 0 spiro atoms. The minimum Gasteiger partial charge on any atom is -0.433 e. The van der Waals surface area contributed by atoms with Crippen LogP contribution in [0.2, 0.25) is 0 Å². The van der Waals surface area contributed by atoms with E-state index >= 15 is 0 Å². The largest absolute Gasteiger partial charge is 0.433 e. The number of alkyl halides is 2. The van der Waals surface area contributed by atoms with E-state index in [2.05, 4.69) is 49.5 Å². The fraction of sp³-hybridized carbons (Fsp3) is 0.409. The molecule has 0 radical (unpaired) electrons. The number of nitrogens with zero attached hydrogens (tertiary/aromatic N) is 2. The molecule has 4 rings (SSSR count). The second-order valence-electron chi connectivity index (χ2n) is 7.48. The third-order valence-electron chi connectivity index (χ3n) is 5.65. The van der Waals surface area contributed by atoms with Gasteiger partial charge in [0.25, 0.3) is 0 Å². The number of halogens is 2. The van der Waals surface area contributed by atoms with Gasteiger partial charge in [-0.15, -0.1) is 0 Å². The second-order valence-corrected chi connectivity index (χ2v) is 7.48. The number of hydrogen-bond donors (Lipinski definition) is 2. The Morgan fingerprint density at radius 1 is 1.21 bits per heavy atom. The van der Waals surface area contributed by atoms with Gasteiger partial charge in [0, 0.05) is 38.6 Å². The Labute approximate surface area is 169 Å². The van der Waals surface area contributed by atoms with Gasteiger partial charge in [0.05, 0.1) is 5.69 Å². The Hall–Kier alpha value is -2.83. The summed E-state index contributed by atoms with van der Waals surface area (Å²) >= 11 is 0. The van der Waals surface area contributed by atoms with Crippen LogP contribution in [-0.4, -0.2) is 45.3 Å². The number of guanidine groups is 1. The third kappa shape index (κ3) is 4.44. The topological polar surface area (TPSA) is 48.9 Å². The lowest BCUT2D eigenvalue weighted by atomic mass is 9.78. The lowest BCUT2D eigenvalue weighted by molar-refractivity contribution is -0.0495. The van der Waals surface area contributed by atoms with Crippen molar-refractivity contribution in [2.45, 2.75) is 31.4 Å². The Bertz CT molecular complexity index is 873. The predicted molar refractivity (Wildman–Crippen MR) is 111 cm³/mol. The molecule has 2 atom stereocenters. The van der Waals surface area contributed by atoms with Crippen LogP contribution >= 0.6 is 0 Å². The van der Waals surface area contributed by atoms with Crippen LogP contribution in [-0.2, 0) is 6.42 Å². The number of fused-ring (bicyclic) bond motifs is 1. The number of ether oxygens (including phenoxy) is 1. The van der Waals surface area contributed by atoms with Crippen molar-refractivity contribution in [1.29, 1.82) is 0 Å². The number of hydrogen-bond acceptors (Lipinski definition) is 3. The minimum atomic E-state index is -2.83. The van der Waals surface area contributed by atoms with Crippen molar-refractivity contribution >= 4 is 11.6 Å². The summed E-state index contributed by atoms with van der Waals surface area (Å²) in [5.41, 5.74) is 3.54. The van der Waals surface area contributed by atoms with Crippen molar-refractivity contribution < 1.29 is 13.5 Å². The summed E-state index contributed by atoms with van der Waals surface area (Å²) in [6, 6.07) is 15.7. The molecule has 0 aromatic heterocycles. The molecule has 2 N–H and O–H groups in total. The summed E-state index contributed by atoms with van der Waals surface area (Å²) < 4.78 is 30.0. The molecule has 2 aliphatic rings. The zero-order chi connectivity index (χ0) is 20.2. The first-order chi connectivity index (χ1) is 14.1. The van der Waals surface area contributed by atoms with Crippen LogP contribution in [0.25, 0.3) is 0 Å². The van der Waals surface area contributed by atoms with Gasteiger partial charge in [0.15, 0.2) is 5.96 Å². The van der Waals surface area contributed by atoms with Gasteiger partial charge in [-0.3, -0.25) is 4.99 Å². The maximum atomic E-state index is 12.7.